The van der Waals surface area contributed by atoms with Crippen LogP contribution in [-0.4, -0.2) is 12.0 Å². The second-order valence-electron chi connectivity index (χ2n) is 7.99. The third-order valence-electron chi connectivity index (χ3n) is 5.01. The maximum absolute atomic E-state index is 13.0. The number of nitrogens with one attached hydrogen (secondary N) is 1. The largest absolute Gasteiger partial charge is 0.457 e. The van der Waals surface area contributed by atoms with E-state index in [9.17, 15) is 23.2 Å². The highest BCUT2D eigenvalue weighted by Crippen LogP contribution is 2.36. The molecule has 0 heterocycles. The molecule has 1 unspecified atom stereocenters. The molecule has 0 aliphatic heterocycles. The summed E-state index contributed by atoms with van der Waals surface area (Å²) in [6.07, 6.45) is -5.81. The van der Waals surface area contributed by atoms with Gasteiger partial charge in [-0.3, -0.25) is 0 Å². The minimum Gasteiger partial charge on any atom is -0.457 e. The molecule has 0 fully saturated rings. The van der Waals surface area contributed by atoms with Crippen LogP contribution in [0.15, 0.2) is 72.8 Å². The van der Waals surface area contributed by atoms with Gasteiger partial charge in [-0.1, -0.05) is 55.8 Å². The first-order chi connectivity index (χ1) is 16.6. The Balaban J connectivity index is 1.75. The molecule has 0 saturated heterocycles. The zero-order valence-corrected chi connectivity index (χ0v) is 19.6. The first-order valence-corrected chi connectivity index (χ1v) is 11.0. The molecule has 0 aromatic heterocycles. The maximum atomic E-state index is 13.0. The molecule has 0 amide bonds. The van der Waals surface area contributed by atoms with E-state index in [1.807, 2.05) is 24.3 Å². The first kappa shape index (κ1) is 25.9. The van der Waals surface area contributed by atoms with Gasteiger partial charge in [0.15, 0.2) is 0 Å². The van der Waals surface area contributed by atoms with Crippen LogP contribution < -0.4 is 10.1 Å². The number of esters is 1. The second kappa shape index (κ2) is 11.2. The van der Waals surface area contributed by atoms with Crippen molar-refractivity contribution in [3.05, 3.63) is 88.9 Å². The highest BCUT2D eigenvalue weighted by Gasteiger charge is 2.33. The maximum Gasteiger partial charge on any atom is 0.417 e. The van der Waals surface area contributed by atoms with Gasteiger partial charge in [0.2, 0.25) is 6.10 Å². The molecule has 0 aliphatic rings. The van der Waals surface area contributed by atoms with E-state index in [0.717, 1.165) is 12.1 Å². The number of alkyl halides is 3. The molecular weight excluding hydrogens is 481 g/mol. The van der Waals surface area contributed by atoms with Gasteiger partial charge in [0, 0.05) is 11.3 Å². The lowest BCUT2D eigenvalue weighted by molar-refractivity contribution is -0.149. The highest BCUT2D eigenvalue weighted by atomic mass is 35.5. The molecule has 1 N–H and O–H groups in total. The quantitative estimate of drug-likeness (QED) is 0.325. The zero-order valence-electron chi connectivity index (χ0n) is 18.8. The third kappa shape index (κ3) is 6.90. The van der Waals surface area contributed by atoms with Gasteiger partial charge >= 0.3 is 12.1 Å². The number of para-hydroxylation sites is 1. The van der Waals surface area contributed by atoms with Crippen LogP contribution in [0.25, 0.3) is 0 Å². The highest BCUT2D eigenvalue weighted by molar-refractivity contribution is 6.31. The number of halogens is 4. The van der Waals surface area contributed by atoms with Crippen LogP contribution in [0.3, 0.4) is 0 Å². The molecule has 0 spiro atoms. The molecule has 0 aliphatic carbocycles. The number of nitriles is 1. The smallest absolute Gasteiger partial charge is 0.417 e. The van der Waals surface area contributed by atoms with Gasteiger partial charge in [-0.15, -0.1) is 0 Å². The van der Waals surface area contributed by atoms with Gasteiger partial charge in [-0.2, -0.15) is 18.4 Å². The average molecular weight is 503 g/mol. The second-order valence-corrected chi connectivity index (χ2v) is 8.40. The molecule has 2 atom stereocenters. The molecule has 3 aromatic rings. The summed E-state index contributed by atoms with van der Waals surface area (Å²) < 4.78 is 50.2. The number of hydrogen-bond acceptors (Lipinski definition) is 5. The Kier molecular flexibility index (Phi) is 8.26. The Labute approximate surface area is 206 Å². The van der Waals surface area contributed by atoms with E-state index < -0.39 is 34.9 Å². The molecular formula is C26H22ClF3N2O3. The van der Waals surface area contributed by atoms with Crippen LogP contribution in [-0.2, 0) is 15.7 Å². The number of carbonyl (C=O) groups excluding carboxylic acids is 1. The Hall–Kier alpha value is -3.70. The first-order valence-electron chi connectivity index (χ1n) is 10.6. The predicted octanol–water partition coefficient (Wildman–Crippen LogP) is 7.40. The fraction of sp³-hybridized carbons (Fsp3) is 0.231. The fourth-order valence-corrected chi connectivity index (χ4v) is 3.52. The Morgan fingerprint density at radius 3 is 2.29 bits per heavy atom. The van der Waals surface area contributed by atoms with Gasteiger partial charge in [0.05, 0.1) is 10.6 Å². The van der Waals surface area contributed by atoms with Crippen molar-refractivity contribution in [1.29, 1.82) is 5.26 Å². The number of benzene rings is 3. The molecule has 3 aromatic carbocycles. The number of carbonyl (C=O) groups is 1. The summed E-state index contributed by atoms with van der Waals surface area (Å²) in [7, 11) is 0. The minimum atomic E-state index is -4.59. The summed E-state index contributed by atoms with van der Waals surface area (Å²) in [5, 5.41) is 12.0. The summed E-state index contributed by atoms with van der Waals surface area (Å²) in [5.41, 5.74) is -0.352. The summed E-state index contributed by atoms with van der Waals surface area (Å²) in [4.78, 5) is 12.9. The lowest BCUT2D eigenvalue weighted by Crippen LogP contribution is -2.36. The lowest BCUT2D eigenvalue weighted by Gasteiger charge is -2.24. The zero-order chi connectivity index (χ0) is 25.6. The van der Waals surface area contributed by atoms with Gasteiger partial charge < -0.3 is 14.8 Å². The van der Waals surface area contributed by atoms with E-state index in [-0.39, 0.29) is 11.6 Å². The number of ether oxygens (including phenoxy) is 2. The van der Waals surface area contributed by atoms with Crippen molar-refractivity contribution in [3.8, 4) is 17.6 Å². The topological polar surface area (TPSA) is 71.3 Å². The van der Waals surface area contributed by atoms with Crippen molar-refractivity contribution in [2.75, 3.05) is 5.32 Å². The van der Waals surface area contributed by atoms with Crippen molar-refractivity contribution in [2.45, 2.75) is 32.2 Å². The summed E-state index contributed by atoms with van der Waals surface area (Å²) in [6, 6.07) is 19.8. The van der Waals surface area contributed by atoms with Crippen LogP contribution in [0.2, 0.25) is 5.02 Å². The Morgan fingerprint density at radius 2 is 1.69 bits per heavy atom. The van der Waals surface area contributed by atoms with E-state index in [1.165, 1.54) is 6.07 Å². The summed E-state index contributed by atoms with van der Waals surface area (Å²) in [5.74, 6) is 0.0185. The van der Waals surface area contributed by atoms with E-state index in [2.05, 4.69) is 5.32 Å². The average Bonchev–Trinajstić information content (AvgIpc) is 2.80. The van der Waals surface area contributed by atoms with E-state index in [1.54, 1.807) is 50.2 Å². The Morgan fingerprint density at radius 1 is 1.00 bits per heavy atom. The van der Waals surface area contributed by atoms with Gasteiger partial charge in [-0.25, -0.2) is 4.79 Å². The number of nitrogens with zero attached hydrogens (tertiary/aromatic N) is 1. The monoisotopic (exact) mass is 502 g/mol. The molecule has 0 radical (unpaired) electrons. The van der Waals surface area contributed by atoms with Crippen molar-refractivity contribution in [3.63, 3.8) is 0 Å². The molecule has 35 heavy (non-hydrogen) atoms. The van der Waals surface area contributed by atoms with E-state index in [0.29, 0.717) is 17.1 Å². The van der Waals surface area contributed by atoms with Crippen LogP contribution >= 0.6 is 11.6 Å². The predicted molar refractivity (Wildman–Crippen MR) is 126 cm³/mol. The van der Waals surface area contributed by atoms with Crippen molar-refractivity contribution in [2.24, 2.45) is 5.92 Å². The standard InChI is InChI=1S/C26H22ClF3N2O3/c1-16(2)24(32-18-11-12-21(22(27)14-18)26(28,29)30)25(33)35-23(15-31)17-7-6-10-20(13-17)34-19-8-4-3-5-9-19/h3-14,16,23-24,32H,1-2H3/t23?,24-/m0/s1. The summed E-state index contributed by atoms with van der Waals surface area (Å²) in [6.45, 7) is 3.47. The number of anilines is 1. The summed E-state index contributed by atoms with van der Waals surface area (Å²) >= 11 is 5.79. The normalized spacial score (nSPS) is 13.0. The van der Waals surface area contributed by atoms with Gasteiger partial charge in [0.25, 0.3) is 0 Å². The number of rotatable bonds is 8. The molecule has 9 heteroatoms. The van der Waals surface area contributed by atoms with Crippen molar-refractivity contribution < 1.29 is 27.4 Å². The molecule has 0 saturated carbocycles. The van der Waals surface area contributed by atoms with Crippen molar-refractivity contribution >= 4 is 23.3 Å². The van der Waals surface area contributed by atoms with E-state index >= 15 is 0 Å². The van der Waals surface area contributed by atoms with Crippen LogP contribution in [0.4, 0.5) is 18.9 Å². The van der Waals surface area contributed by atoms with E-state index in [4.69, 9.17) is 21.1 Å². The van der Waals surface area contributed by atoms with Crippen molar-refractivity contribution in [1.82, 2.24) is 0 Å². The van der Waals surface area contributed by atoms with Gasteiger partial charge in [-0.05, 0) is 48.4 Å². The molecule has 182 valence electrons. The fourth-order valence-electron chi connectivity index (χ4n) is 3.24. The molecule has 0 bridgehead atoms. The van der Waals surface area contributed by atoms with Gasteiger partial charge in [0.1, 0.15) is 23.6 Å². The van der Waals surface area contributed by atoms with Crippen LogP contribution in [0, 0.1) is 17.2 Å². The minimum absolute atomic E-state index is 0.213. The molecule has 3 rings (SSSR count). The SMILES string of the molecule is CC(C)[C@H](Nc1ccc(C(F)(F)F)c(Cl)c1)C(=O)OC(C#N)c1cccc(Oc2ccccc2)c1. The third-order valence-corrected chi connectivity index (χ3v) is 5.32. The number of hydrogen-bond donors (Lipinski definition) is 1. The van der Waals surface area contributed by atoms with Crippen LogP contribution in [0.1, 0.15) is 31.1 Å². The lowest BCUT2D eigenvalue weighted by atomic mass is 10.0. The molecule has 5 nitrogen and oxygen atoms in total. The Bertz CT molecular complexity index is 1210. The van der Waals surface area contributed by atoms with Crippen LogP contribution in [0.5, 0.6) is 11.5 Å².